The number of hydrogen-bond donors (Lipinski definition) is 1. The smallest absolute Gasteiger partial charge is 0.141 e. The van der Waals surface area contributed by atoms with Gasteiger partial charge in [-0.05, 0) is 50.3 Å². The first kappa shape index (κ1) is 13.7. The fraction of sp³-hybridized carbons (Fsp3) is 0.647. The number of rotatable bonds is 3. The Bertz CT molecular complexity index is 466. The fourth-order valence-corrected chi connectivity index (χ4v) is 3.67. The van der Waals surface area contributed by atoms with Gasteiger partial charge in [0.1, 0.15) is 5.75 Å². The summed E-state index contributed by atoms with van der Waals surface area (Å²) in [5, 5.41) is 3.69. The predicted octanol–water partition coefficient (Wildman–Crippen LogP) is 3.91. The van der Waals surface area contributed by atoms with Crippen LogP contribution in [0.3, 0.4) is 0 Å². The van der Waals surface area contributed by atoms with Gasteiger partial charge in [-0.15, -0.1) is 0 Å². The molecule has 3 rings (SSSR count). The maximum atomic E-state index is 6.10. The van der Waals surface area contributed by atoms with Gasteiger partial charge in [0, 0.05) is 12.6 Å². The molecule has 1 aliphatic carbocycles. The Labute approximate surface area is 121 Å². The highest BCUT2D eigenvalue weighted by Gasteiger charge is 2.39. The lowest BCUT2D eigenvalue weighted by atomic mass is 9.89. The molecular formula is C17H25NO2. The van der Waals surface area contributed by atoms with Crippen LogP contribution in [0.25, 0.3) is 0 Å². The van der Waals surface area contributed by atoms with Gasteiger partial charge in [-0.25, -0.2) is 0 Å². The van der Waals surface area contributed by atoms with E-state index in [1.165, 1.54) is 31.2 Å². The van der Waals surface area contributed by atoms with Crippen molar-refractivity contribution in [1.29, 1.82) is 0 Å². The van der Waals surface area contributed by atoms with Crippen LogP contribution in [0.1, 0.15) is 44.1 Å². The summed E-state index contributed by atoms with van der Waals surface area (Å²) < 4.78 is 11.6. The minimum Gasteiger partial charge on any atom is -0.495 e. The summed E-state index contributed by atoms with van der Waals surface area (Å²) in [6.45, 7) is 3.00. The molecule has 1 aliphatic heterocycles. The van der Waals surface area contributed by atoms with Gasteiger partial charge in [-0.1, -0.05) is 18.9 Å². The molecule has 20 heavy (non-hydrogen) atoms. The van der Waals surface area contributed by atoms with E-state index in [2.05, 4.69) is 24.4 Å². The highest BCUT2D eigenvalue weighted by Crippen LogP contribution is 2.41. The van der Waals surface area contributed by atoms with E-state index in [1.54, 1.807) is 7.11 Å². The largest absolute Gasteiger partial charge is 0.495 e. The van der Waals surface area contributed by atoms with E-state index in [1.807, 2.05) is 6.07 Å². The van der Waals surface area contributed by atoms with Crippen molar-refractivity contribution in [1.82, 2.24) is 0 Å². The van der Waals surface area contributed by atoms with Crippen molar-refractivity contribution >= 4 is 5.69 Å². The normalized spacial score (nSPS) is 24.8. The topological polar surface area (TPSA) is 30.5 Å². The molecule has 0 bridgehead atoms. The Kier molecular flexibility index (Phi) is 3.88. The van der Waals surface area contributed by atoms with Crippen molar-refractivity contribution < 1.29 is 9.47 Å². The van der Waals surface area contributed by atoms with E-state index in [4.69, 9.17) is 9.47 Å². The van der Waals surface area contributed by atoms with Gasteiger partial charge in [0.15, 0.2) is 0 Å². The molecule has 1 aromatic rings. The predicted molar refractivity (Wildman–Crippen MR) is 81.5 cm³/mol. The molecule has 1 aromatic carbocycles. The number of hydrogen-bond acceptors (Lipinski definition) is 3. The van der Waals surface area contributed by atoms with Gasteiger partial charge in [-0.2, -0.15) is 0 Å². The summed E-state index contributed by atoms with van der Waals surface area (Å²) >= 11 is 0. The summed E-state index contributed by atoms with van der Waals surface area (Å²) in [5.41, 5.74) is 2.54. The van der Waals surface area contributed by atoms with Crippen LogP contribution >= 0.6 is 0 Å². The zero-order chi connectivity index (χ0) is 14.0. The first-order valence-electron chi connectivity index (χ1n) is 7.76. The maximum Gasteiger partial charge on any atom is 0.141 e. The highest BCUT2D eigenvalue weighted by atomic mass is 16.5. The third-order valence-electron chi connectivity index (χ3n) is 4.72. The van der Waals surface area contributed by atoms with Gasteiger partial charge < -0.3 is 14.8 Å². The van der Waals surface area contributed by atoms with Crippen LogP contribution in [0, 0.1) is 6.92 Å². The standard InChI is InChI=1S/C17H25NO2/c1-13-5-6-16(19-2)15(11-13)18-14-7-10-20-17(12-14)8-3-4-9-17/h5-6,11,14,18H,3-4,7-10,12H2,1-2H3. The quantitative estimate of drug-likeness (QED) is 0.907. The van der Waals surface area contributed by atoms with Crippen molar-refractivity contribution in [2.45, 2.75) is 57.1 Å². The monoisotopic (exact) mass is 275 g/mol. The van der Waals surface area contributed by atoms with Gasteiger partial charge in [-0.3, -0.25) is 0 Å². The fourth-order valence-electron chi connectivity index (χ4n) is 3.67. The number of methoxy groups -OCH3 is 1. The molecule has 1 atom stereocenters. The minimum absolute atomic E-state index is 0.160. The molecule has 1 saturated carbocycles. The van der Waals surface area contributed by atoms with E-state index in [0.29, 0.717) is 6.04 Å². The Morgan fingerprint density at radius 2 is 2.10 bits per heavy atom. The molecule has 3 heteroatoms. The second-order valence-corrected chi connectivity index (χ2v) is 6.28. The van der Waals surface area contributed by atoms with Crippen LogP contribution in [-0.4, -0.2) is 25.4 Å². The van der Waals surface area contributed by atoms with Crippen molar-refractivity contribution in [3.05, 3.63) is 23.8 Å². The van der Waals surface area contributed by atoms with Crippen LogP contribution in [0.2, 0.25) is 0 Å². The van der Waals surface area contributed by atoms with Crippen molar-refractivity contribution in [2.75, 3.05) is 19.0 Å². The van der Waals surface area contributed by atoms with Crippen LogP contribution < -0.4 is 10.1 Å². The lowest BCUT2D eigenvalue weighted by molar-refractivity contribution is -0.0767. The van der Waals surface area contributed by atoms with E-state index in [-0.39, 0.29) is 5.60 Å². The van der Waals surface area contributed by atoms with Crippen LogP contribution in [-0.2, 0) is 4.74 Å². The molecule has 110 valence electrons. The average Bonchev–Trinajstić information content (AvgIpc) is 2.87. The first-order valence-corrected chi connectivity index (χ1v) is 7.76. The molecule has 1 spiro atoms. The van der Waals surface area contributed by atoms with E-state index < -0.39 is 0 Å². The SMILES string of the molecule is COc1ccc(C)cc1NC1CCOC2(CCCC2)C1. The van der Waals surface area contributed by atoms with Crippen molar-refractivity contribution in [2.24, 2.45) is 0 Å². The molecule has 2 aliphatic rings. The molecule has 3 nitrogen and oxygen atoms in total. The van der Waals surface area contributed by atoms with E-state index in [9.17, 15) is 0 Å². The molecule has 1 unspecified atom stereocenters. The zero-order valence-corrected chi connectivity index (χ0v) is 12.6. The Morgan fingerprint density at radius 3 is 2.85 bits per heavy atom. The third kappa shape index (κ3) is 2.78. The number of anilines is 1. The maximum absolute atomic E-state index is 6.10. The molecule has 1 N–H and O–H groups in total. The third-order valence-corrected chi connectivity index (χ3v) is 4.72. The van der Waals surface area contributed by atoms with Crippen molar-refractivity contribution in [3.8, 4) is 5.75 Å². The second kappa shape index (κ2) is 5.65. The lowest BCUT2D eigenvalue weighted by Gasteiger charge is -2.39. The Balaban J connectivity index is 1.72. The average molecular weight is 275 g/mol. The molecule has 1 saturated heterocycles. The van der Waals surface area contributed by atoms with Gasteiger partial charge in [0.25, 0.3) is 0 Å². The van der Waals surface area contributed by atoms with Gasteiger partial charge >= 0.3 is 0 Å². The summed E-state index contributed by atoms with van der Waals surface area (Å²) in [5.74, 6) is 0.933. The molecule has 0 radical (unpaired) electrons. The van der Waals surface area contributed by atoms with E-state index >= 15 is 0 Å². The first-order chi connectivity index (χ1) is 9.71. The van der Waals surface area contributed by atoms with Gasteiger partial charge in [0.2, 0.25) is 0 Å². The highest BCUT2D eigenvalue weighted by molar-refractivity contribution is 5.58. The molecule has 0 amide bonds. The van der Waals surface area contributed by atoms with Crippen molar-refractivity contribution in [3.63, 3.8) is 0 Å². The molecule has 1 heterocycles. The minimum atomic E-state index is 0.160. The zero-order valence-electron chi connectivity index (χ0n) is 12.6. The lowest BCUT2D eigenvalue weighted by Crippen LogP contribution is -2.42. The number of benzene rings is 1. The Morgan fingerprint density at radius 1 is 1.30 bits per heavy atom. The van der Waals surface area contributed by atoms with Crippen LogP contribution in [0.15, 0.2) is 18.2 Å². The number of nitrogens with one attached hydrogen (secondary N) is 1. The molecule has 2 fully saturated rings. The van der Waals surface area contributed by atoms with Gasteiger partial charge in [0.05, 0.1) is 18.4 Å². The van der Waals surface area contributed by atoms with E-state index in [0.717, 1.165) is 30.9 Å². The van der Waals surface area contributed by atoms with Crippen LogP contribution in [0.4, 0.5) is 5.69 Å². The summed E-state index contributed by atoms with van der Waals surface area (Å²) in [7, 11) is 1.73. The number of ether oxygens (including phenoxy) is 2. The molecular weight excluding hydrogens is 250 g/mol. The number of aryl methyl sites for hydroxylation is 1. The molecule has 0 aromatic heterocycles. The Hall–Kier alpha value is -1.22. The summed E-state index contributed by atoms with van der Waals surface area (Å²) in [4.78, 5) is 0. The summed E-state index contributed by atoms with van der Waals surface area (Å²) in [6, 6.07) is 6.81. The summed E-state index contributed by atoms with van der Waals surface area (Å²) in [6.07, 6.45) is 7.32. The second-order valence-electron chi connectivity index (χ2n) is 6.28. The van der Waals surface area contributed by atoms with Crippen LogP contribution in [0.5, 0.6) is 5.75 Å².